The average molecular weight is 287 g/mol. The highest BCUT2D eigenvalue weighted by molar-refractivity contribution is 5.50. The molecule has 0 unspecified atom stereocenters. The lowest BCUT2D eigenvalue weighted by Crippen LogP contribution is -2.26. The van der Waals surface area contributed by atoms with Gasteiger partial charge in [-0.3, -0.25) is 4.79 Å². The maximum atomic E-state index is 12.5. The first kappa shape index (κ1) is 12.8. The van der Waals surface area contributed by atoms with Gasteiger partial charge < -0.3 is 13.8 Å². The van der Waals surface area contributed by atoms with Gasteiger partial charge in [0.05, 0.1) is 12.6 Å². The maximum Gasteiger partial charge on any atom is 0.263 e. The third kappa shape index (κ3) is 2.51. The molecule has 0 aromatic carbocycles. The minimum absolute atomic E-state index is 0.0982. The number of hydrogen-bond donors (Lipinski definition) is 0. The van der Waals surface area contributed by atoms with Crippen molar-refractivity contribution in [1.82, 2.24) is 14.7 Å². The lowest BCUT2D eigenvalue weighted by molar-refractivity contribution is 0.0962. The molecule has 0 amide bonds. The Morgan fingerprint density at radius 1 is 1.33 bits per heavy atom. The summed E-state index contributed by atoms with van der Waals surface area (Å²) in [7, 11) is 0. The van der Waals surface area contributed by atoms with Crippen molar-refractivity contribution in [3.63, 3.8) is 0 Å². The molecule has 6 heteroatoms. The Morgan fingerprint density at radius 3 is 3.00 bits per heavy atom. The molecule has 0 radical (unpaired) electrons. The van der Waals surface area contributed by atoms with Crippen LogP contribution in [0.4, 0.5) is 0 Å². The van der Waals surface area contributed by atoms with Crippen molar-refractivity contribution in [2.75, 3.05) is 6.61 Å². The van der Waals surface area contributed by atoms with Gasteiger partial charge in [-0.2, -0.15) is 4.98 Å². The molecule has 2 aliphatic rings. The van der Waals surface area contributed by atoms with Gasteiger partial charge in [0.1, 0.15) is 5.56 Å². The van der Waals surface area contributed by atoms with Crippen LogP contribution in [0.1, 0.15) is 37.4 Å². The van der Waals surface area contributed by atoms with E-state index in [-0.39, 0.29) is 11.7 Å². The number of rotatable bonds is 4. The van der Waals surface area contributed by atoms with Crippen molar-refractivity contribution in [1.29, 1.82) is 0 Å². The van der Waals surface area contributed by atoms with E-state index >= 15 is 0 Å². The molecule has 21 heavy (non-hydrogen) atoms. The van der Waals surface area contributed by atoms with Crippen LogP contribution in [0.15, 0.2) is 27.6 Å². The normalized spacial score (nSPS) is 21.8. The first-order valence-electron chi connectivity index (χ1n) is 7.46. The third-order valence-corrected chi connectivity index (χ3v) is 4.06. The molecule has 1 saturated heterocycles. The van der Waals surface area contributed by atoms with E-state index in [1.807, 2.05) is 6.07 Å². The zero-order valence-electron chi connectivity index (χ0n) is 11.7. The first-order chi connectivity index (χ1) is 10.3. The summed E-state index contributed by atoms with van der Waals surface area (Å²) in [5.41, 5.74) is 0.369. The van der Waals surface area contributed by atoms with Gasteiger partial charge in [0, 0.05) is 18.7 Å². The monoisotopic (exact) mass is 287 g/mol. The maximum absolute atomic E-state index is 12.5. The van der Waals surface area contributed by atoms with E-state index in [2.05, 4.69) is 10.1 Å². The molecule has 1 saturated carbocycles. The predicted molar refractivity (Wildman–Crippen MR) is 74.9 cm³/mol. The van der Waals surface area contributed by atoms with Crippen LogP contribution in [0.2, 0.25) is 0 Å². The van der Waals surface area contributed by atoms with Crippen LogP contribution in [0.5, 0.6) is 0 Å². The Hall–Kier alpha value is -1.95. The van der Waals surface area contributed by atoms with Crippen LogP contribution >= 0.6 is 0 Å². The van der Waals surface area contributed by atoms with Crippen molar-refractivity contribution in [2.24, 2.45) is 0 Å². The summed E-state index contributed by atoms with van der Waals surface area (Å²) >= 11 is 0. The topological polar surface area (TPSA) is 70.2 Å². The molecule has 1 atom stereocenters. The van der Waals surface area contributed by atoms with Crippen molar-refractivity contribution in [3.05, 3.63) is 34.5 Å². The molecule has 110 valence electrons. The van der Waals surface area contributed by atoms with E-state index in [4.69, 9.17) is 9.26 Å². The number of ether oxygens (including phenoxy) is 1. The fraction of sp³-hybridized carbons (Fsp3) is 0.533. The van der Waals surface area contributed by atoms with Gasteiger partial charge in [-0.1, -0.05) is 5.16 Å². The molecule has 0 bridgehead atoms. The number of aromatic nitrogens is 3. The van der Waals surface area contributed by atoms with Gasteiger partial charge in [-0.25, -0.2) is 0 Å². The lowest BCUT2D eigenvalue weighted by Gasteiger charge is -2.11. The van der Waals surface area contributed by atoms with E-state index in [0.29, 0.717) is 23.9 Å². The van der Waals surface area contributed by atoms with Gasteiger partial charge in [0.25, 0.3) is 11.4 Å². The number of nitrogens with zero attached hydrogens (tertiary/aromatic N) is 3. The Balaban J connectivity index is 1.63. The molecule has 3 heterocycles. The first-order valence-corrected chi connectivity index (χ1v) is 7.46. The standard InChI is InChI=1S/C15H17N3O3/c19-15-12(14-16-13(17-21-14)10-5-6-10)4-1-7-18(15)9-11-3-2-8-20-11/h1,4,7,10-11H,2-3,5-6,8-9H2/t11-/m0/s1. The Morgan fingerprint density at radius 2 is 2.24 bits per heavy atom. The van der Waals surface area contributed by atoms with Crippen LogP contribution in [0, 0.1) is 0 Å². The minimum atomic E-state index is -0.0982. The van der Waals surface area contributed by atoms with E-state index < -0.39 is 0 Å². The molecule has 2 fully saturated rings. The summed E-state index contributed by atoms with van der Waals surface area (Å²) in [6, 6.07) is 3.57. The molecule has 4 rings (SSSR count). The van der Waals surface area contributed by atoms with Gasteiger partial charge in [-0.15, -0.1) is 0 Å². The quantitative estimate of drug-likeness (QED) is 0.859. The molecule has 1 aliphatic heterocycles. The molecule has 1 aliphatic carbocycles. The molecular weight excluding hydrogens is 270 g/mol. The van der Waals surface area contributed by atoms with Gasteiger partial charge in [-0.05, 0) is 37.8 Å². The predicted octanol–water partition coefficient (Wildman–Crippen LogP) is 1.95. The highest BCUT2D eigenvalue weighted by Gasteiger charge is 2.29. The highest BCUT2D eigenvalue weighted by atomic mass is 16.5. The van der Waals surface area contributed by atoms with Crippen LogP contribution in [0.3, 0.4) is 0 Å². The van der Waals surface area contributed by atoms with Gasteiger partial charge in [0.15, 0.2) is 5.82 Å². The fourth-order valence-electron chi connectivity index (χ4n) is 2.70. The van der Waals surface area contributed by atoms with Crippen LogP contribution in [0.25, 0.3) is 11.5 Å². The summed E-state index contributed by atoms with van der Waals surface area (Å²) in [6.07, 6.45) is 6.19. The fourth-order valence-corrected chi connectivity index (χ4v) is 2.70. The summed E-state index contributed by atoms with van der Waals surface area (Å²) in [5, 5.41) is 3.97. The molecule has 2 aromatic heterocycles. The van der Waals surface area contributed by atoms with Crippen molar-refractivity contribution in [3.8, 4) is 11.5 Å². The van der Waals surface area contributed by atoms with Crippen molar-refractivity contribution < 1.29 is 9.26 Å². The zero-order valence-corrected chi connectivity index (χ0v) is 11.7. The van der Waals surface area contributed by atoms with Gasteiger partial charge in [0.2, 0.25) is 0 Å². The lowest BCUT2D eigenvalue weighted by atomic mass is 10.2. The van der Waals surface area contributed by atoms with Crippen molar-refractivity contribution in [2.45, 2.75) is 44.2 Å². The third-order valence-electron chi connectivity index (χ3n) is 4.06. The Bertz CT molecular complexity index is 696. The van der Waals surface area contributed by atoms with Gasteiger partial charge >= 0.3 is 0 Å². The largest absolute Gasteiger partial charge is 0.376 e. The van der Waals surface area contributed by atoms with Crippen LogP contribution < -0.4 is 5.56 Å². The number of pyridine rings is 1. The Labute approximate surface area is 121 Å². The van der Waals surface area contributed by atoms with Crippen LogP contribution in [-0.4, -0.2) is 27.4 Å². The second kappa shape index (κ2) is 5.11. The molecule has 2 aromatic rings. The zero-order chi connectivity index (χ0) is 14.2. The molecule has 0 spiro atoms. The Kier molecular flexibility index (Phi) is 3.11. The van der Waals surface area contributed by atoms with E-state index in [1.54, 1.807) is 16.8 Å². The molecule has 6 nitrogen and oxygen atoms in total. The highest BCUT2D eigenvalue weighted by Crippen LogP contribution is 2.38. The van der Waals surface area contributed by atoms with Crippen LogP contribution in [-0.2, 0) is 11.3 Å². The summed E-state index contributed by atoms with van der Waals surface area (Å²) in [4.78, 5) is 16.9. The second-order valence-corrected chi connectivity index (χ2v) is 5.75. The molecule has 0 N–H and O–H groups in total. The average Bonchev–Trinajstić information content (AvgIpc) is 3.01. The summed E-state index contributed by atoms with van der Waals surface area (Å²) in [5.74, 6) is 1.46. The van der Waals surface area contributed by atoms with E-state index in [0.717, 1.165) is 38.1 Å². The molecular formula is C15H17N3O3. The van der Waals surface area contributed by atoms with E-state index in [9.17, 15) is 4.79 Å². The summed E-state index contributed by atoms with van der Waals surface area (Å²) in [6.45, 7) is 1.36. The summed E-state index contributed by atoms with van der Waals surface area (Å²) < 4.78 is 12.5. The minimum Gasteiger partial charge on any atom is -0.376 e. The van der Waals surface area contributed by atoms with Crippen molar-refractivity contribution >= 4 is 0 Å². The smallest absolute Gasteiger partial charge is 0.263 e. The number of hydrogen-bond acceptors (Lipinski definition) is 5. The van der Waals surface area contributed by atoms with E-state index in [1.165, 1.54) is 0 Å². The second-order valence-electron chi connectivity index (χ2n) is 5.75. The SMILES string of the molecule is O=c1c(-c2nc(C3CC3)no2)cccn1C[C@@H]1CCCO1.